The highest BCUT2D eigenvalue weighted by atomic mass is 19.2. The lowest BCUT2D eigenvalue weighted by Crippen LogP contribution is -2.37. The number of amides is 1. The Labute approximate surface area is 105 Å². The van der Waals surface area contributed by atoms with Gasteiger partial charge in [-0.3, -0.25) is 4.79 Å². The molecule has 0 atom stereocenters. The van der Waals surface area contributed by atoms with Crippen molar-refractivity contribution < 1.29 is 13.6 Å². The summed E-state index contributed by atoms with van der Waals surface area (Å²) in [5, 5.41) is 2.75. The van der Waals surface area contributed by atoms with Crippen molar-refractivity contribution in [2.75, 3.05) is 0 Å². The predicted octanol–water partition coefficient (Wildman–Crippen LogP) is 2.67. The molecule has 1 aromatic rings. The number of nitrogens with zero attached hydrogens (tertiary/aromatic N) is 1. The minimum Gasteiger partial charge on any atom is -0.349 e. The Kier molecular flexibility index (Phi) is 3.89. The summed E-state index contributed by atoms with van der Waals surface area (Å²) in [4.78, 5) is 15.0. The van der Waals surface area contributed by atoms with Gasteiger partial charge in [-0.1, -0.05) is 6.92 Å². The molecule has 1 N–H and O–H groups in total. The SMILES string of the molecule is CC1CCC(NC(=O)c2ccnc(F)c2F)CC1. The van der Waals surface area contributed by atoms with E-state index < -0.39 is 17.7 Å². The fraction of sp³-hybridized carbons (Fsp3) is 0.538. The number of hydrogen-bond acceptors (Lipinski definition) is 2. The normalized spacial score (nSPS) is 23.7. The summed E-state index contributed by atoms with van der Waals surface area (Å²) >= 11 is 0. The average molecular weight is 254 g/mol. The lowest BCUT2D eigenvalue weighted by atomic mass is 9.87. The number of carbonyl (C=O) groups excluding carboxylic acids is 1. The molecule has 0 aromatic carbocycles. The summed E-state index contributed by atoms with van der Waals surface area (Å²) in [6, 6.07) is 1.25. The quantitative estimate of drug-likeness (QED) is 0.824. The third-order valence-electron chi connectivity index (χ3n) is 3.44. The van der Waals surface area contributed by atoms with E-state index in [1.807, 2.05) is 0 Å². The number of pyridine rings is 1. The van der Waals surface area contributed by atoms with Gasteiger partial charge in [0.25, 0.3) is 5.91 Å². The topological polar surface area (TPSA) is 42.0 Å². The smallest absolute Gasteiger partial charge is 0.254 e. The zero-order valence-corrected chi connectivity index (χ0v) is 10.2. The standard InChI is InChI=1S/C13H16F2N2O/c1-8-2-4-9(5-3-8)17-13(18)10-6-7-16-12(15)11(10)14/h6-9H,2-5H2,1H3,(H,17,18). The van der Waals surface area contributed by atoms with E-state index in [1.54, 1.807) is 0 Å². The summed E-state index contributed by atoms with van der Waals surface area (Å²) in [5.41, 5.74) is -0.277. The Morgan fingerprint density at radius 2 is 2.00 bits per heavy atom. The first kappa shape index (κ1) is 12.9. The first-order chi connectivity index (χ1) is 8.58. The summed E-state index contributed by atoms with van der Waals surface area (Å²) in [6.45, 7) is 2.18. The van der Waals surface area contributed by atoms with Crippen LogP contribution in [0.5, 0.6) is 0 Å². The molecule has 0 bridgehead atoms. The molecule has 2 rings (SSSR count). The van der Waals surface area contributed by atoms with Crippen LogP contribution in [0.2, 0.25) is 0 Å². The molecule has 0 radical (unpaired) electrons. The molecule has 18 heavy (non-hydrogen) atoms. The number of halogens is 2. The second-order valence-corrected chi connectivity index (χ2v) is 4.89. The highest BCUT2D eigenvalue weighted by molar-refractivity contribution is 5.94. The Morgan fingerprint density at radius 3 is 2.67 bits per heavy atom. The van der Waals surface area contributed by atoms with Gasteiger partial charge >= 0.3 is 0 Å². The van der Waals surface area contributed by atoms with Gasteiger partial charge in [-0.15, -0.1) is 0 Å². The van der Waals surface area contributed by atoms with Gasteiger partial charge in [-0.2, -0.15) is 4.39 Å². The molecule has 1 fully saturated rings. The van der Waals surface area contributed by atoms with Gasteiger partial charge in [-0.25, -0.2) is 9.37 Å². The Bertz CT molecular complexity index is 443. The molecule has 1 heterocycles. The molecule has 0 saturated heterocycles. The van der Waals surface area contributed by atoms with Crippen LogP contribution in [0.25, 0.3) is 0 Å². The highest BCUT2D eigenvalue weighted by Gasteiger charge is 2.22. The van der Waals surface area contributed by atoms with E-state index >= 15 is 0 Å². The third-order valence-corrected chi connectivity index (χ3v) is 3.44. The minimum atomic E-state index is -1.24. The summed E-state index contributed by atoms with van der Waals surface area (Å²) in [5.74, 6) is -2.30. The third kappa shape index (κ3) is 2.83. The van der Waals surface area contributed by atoms with Crippen LogP contribution in [-0.4, -0.2) is 16.9 Å². The van der Waals surface area contributed by atoms with Crippen molar-refractivity contribution in [3.8, 4) is 0 Å². The number of nitrogens with one attached hydrogen (secondary N) is 1. The van der Waals surface area contributed by atoms with Crippen molar-refractivity contribution in [3.05, 3.63) is 29.6 Å². The molecule has 1 saturated carbocycles. The first-order valence-corrected chi connectivity index (χ1v) is 6.18. The lowest BCUT2D eigenvalue weighted by molar-refractivity contribution is 0.0917. The van der Waals surface area contributed by atoms with E-state index in [1.165, 1.54) is 6.07 Å². The summed E-state index contributed by atoms with van der Waals surface area (Å²) < 4.78 is 26.3. The van der Waals surface area contributed by atoms with Gasteiger partial charge < -0.3 is 5.32 Å². The van der Waals surface area contributed by atoms with Gasteiger partial charge in [-0.05, 0) is 37.7 Å². The second kappa shape index (κ2) is 5.42. The van der Waals surface area contributed by atoms with E-state index in [-0.39, 0.29) is 11.6 Å². The van der Waals surface area contributed by atoms with E-state index in [0.717, 1.165) is 31.9 Å². The van der Waals surface area contributed by atoms with Crippen LogP contribution in [0.15, 0.2) is 12.3 Å². The Morgan fingerprint density at radius 1 is 1.33 bits per heavy atom. The second-order valence-electron chi connectivity index (χ2n) is 4.89. The number of aromatic nitrogens is 1. The molecule has 0 unspecified atom stereocenters. The van der Waals surface area contributed by atoms with Crippen LogP contribution >= 0.6 is 0 Å². The maximum Gasteiger partial charge on any atom is 0.254 e. The van der Waals surface area contributed by atoms with Gasteiger partial charge in [0.15, 0.2) is 5.82 Å². The van der Waals surface area contributed by atoms with Crippen molar-refractivity contribution >= 4 is 5.91 Å². The molecule has 1 amide bonds. The van der Waals surface area contributed by atoms with Gasteiger partial charge in [0, 0.05) is 12.2 Å². The molecule has 0 spiro atoms. The molecule has 3 nitrogen and oxygen atoms in total. The maximum absolute atomic E-state index is 13.4. The van der Waals surface area contributed by atoms with Crippen molar-refractivity contribution in [2.24, 2.45) is 5.92 Å². The van der Waals surface area contributed by atoms with Gasteiger partial charge in [0.2, 0.25) is 5.95 Å². The van der Waals surface area contributed by atoms with E-state index in [9.17, 15) is 13.6 Å². The van der Waals surface area contributed by atoms with Gasteiger partial charge in [0.05, 0.1) is 5.56 Å². The van der Waals surface area contributed by atoms with Crippen LogP contribution in [0.3, 0.4) is 0 Å². The van der Waals surface area contributed by atoms with Crippen LogP contribution in [0.4, 0.5) is 8.78 Å². The first-order valence-electron chi connectivity index (χ1n) is 6.18. The van der Waals surface area contributed by atoms with Gasteiger partial charge in [0.1, 0.15) is 0 Å². The van der Waals surface area contributed by atoms with Crippen molar-refractivity contribution in [1.29, 1.82) is 0 Å². The summed E-state index contributed by atoms with van der Waals surface area (Å²) in [6.07, 6.45) is 4.98. The lowest BCUT2D eigenvalue weighted by Gasteiger charge is -2.26. The average Bonchev–Trinajstić information content (AvgIpc) is 2.35. The van der Waals surface area contributed by atoms with E-state index in [0.29, 0.717) is 5.92 Å². The van der Waals surface area contributed by atoms with Crippen molar-refractivity contribution in [3.63, 3.8) is 0 Å². The van der Waals surface area contributed by atoms with Crippen LogP contribution in [0.1, 0.15) is 43.0 Å². The number of rotatable bonds is 2. The predicted molar refractivity (Wildman–Crippen MR) is 63.0 cm³/mol. The molecule has 98 valence electrons. The molecule has 0 aliphatic heterocycles. The molecular formula is C13H16F2N2O. The Balaban J connectivity index is 2.01. The van der Waals surface area contributed by atoms with E-state index in [2.05, 4.69) is 17.2 Å². The maximum atomic E-state index is 13.4. The highest BCUT2D eigenvalue weighted by Crippen LogP contribution is 2.23. The van der Waals surface area contributed by atoms with Crippen molar-refractivity contribution in [1.82, 2.24) is 10.3 Å². The van der Waals surface area contributed by atoms with Crippen LogP contribution in [-0.2, 0) is 0 Å². The van der Waals surface area contributed by atoms with Crippen LogP contribution in [0, 0.1) is 17.7 Å². The zero-order chi connectivity index (χ0) is 13.1. The Hall–Kier alpha value is -1.52. The fourth-order valence-electron chi connectivity index (χ4n) is 2.26. The monoisotopic (exact) mass is 254 g/mol. The number of hydrogen-bond donors (Lipinski definition) is 1. The van der Waals surface area contributed by atoms with Crippen molar-refractivity contribution in [2.45, 2.75) is 38.6 Å². The van der Waals surface area contributed by atoms with E-state index in [4.69, 9.17) is 0 Å². The molecule has 1 aliphatic rings. The molecule has 5 heteroatoms. The zero-order valence-electron chi connectivity index (χ0n) is 10.2. The summed E-state index contributed by atoms with van der Waals surface area (Å²) in [7, 11) is 0. The number of carbonyl (C=O) groups is 1. The largest absolute Gasteiger partial charge is 0.349 e. The van der Waals surface area contributed by atoms with Crippen LogP contribution < -0.4 is 5.32 Å². The molecule has 1 aliphatic carbocycles. The fourth-order valence-corrected chi connectivity index (χ4v) is 2.26. The molecule has 1 aromatic heterocycles. The minimum absolute atomic E-state index is 0.0596. The molecular weight excluding hydrogens is 238 g/mol.